The molecule has 0 spiro atoms. The van der Waals surface area contributed by atoms with Crippen molar-refractivity contribution in [2.45, 2.75) is 32.9 Å². The van der Waals surface area contributed by atoms with E-state index in [1.165, 1.54) is 23.3 Å². The first-order chi connectivity index (χ1) is 15.9. The van der Waals surface area contributed by atoms with Gasteiger partial charge >= 0.3 is 0 Å². The molecule has 0 amide bonds. The van der Waals surface area contributed by atoms with Crippen molar-refractivity contribution in [1.29, 1.82) is 0 Å². The highest BCUT2D eigenvalue weighted by molar-refractivity contribution is 5.75. The lowest BCUT2D eigenvalue weighted by Gasteiger charge is -2.36. The third-order valence-corrected chi connectivity index (χ3v) is 6.01. The van der Waals surface area contributed by atoms with Crippen LogP contribution < -0.4 is 20.3 Å². The zero-order valence-corrected chi connectivity index (χ0v) is 18.7. The number of anilines is 3. The summed E-state index contributed by atoms with van der Waals surface area (Å²) in [5, 5.41) is 6.62. The summed E-state index contributed by atoms with van der Waals surface area (Å²) >= 11 is 0. The van der Waals surface area contributed by atoms with E-state index in [1.54, 1.807) is 12.1 Å². The molecule has 33 heavy (non-hydrogen) atoms. The third kappa shape index (κ3) is 4.04. The van der Waals surface area contributed by atoms with Gasteiger partial charge in [0.2, 0.25) is 0 Å². The number of aromatic nitrogens is 1. The van der Waals surface area contributed by atoms with Crippen LogP contribution in [0.25, 0.3) is 11.3 Å². The molecule has 0 atom stereocenters. The SMILES string of the molecule is C=C1COc2c(F)cc(-c3nc(Nc4ccc5c(c4)CNCC5)ccc3F)cc2N1C(C)C. The van der Waals surface area contributed by atoms with Gasteiger partial charge in [0.05, 0.1) is 5.69 Å². The molecule has 0 bridgehead atoms. The molecule has 170 valence electrons. The summed E-state index contributed by atoms with van der Waals surface area (Å²) in [6, 6.07) is 12.1. The lowest BCUT2D eigenvalue weighted by atomic mass is 10.0. The second-order valence-corrected chi connectivity index (χ2v) is 8.69. The Morgan fingerprint density at radius 2 is 1.94 bits per heavy atom. The van der Waals surface area contributed by atoms with Crippen molar-refractivity contribution >= 4 is 17.2 Å². The van der Waals surface area contributed by atoms with E-state index < -0.39 is 11.6 Å². The molecule has 1 aromatic heterocycles. The molecule has 2 aromatic carbocycles. The number of pyridine rings is 1. The van der Waals surface area contributed by atoms with Crippen LogP contribution in [0.4, 0.5) is 26.0 Å². The fourth-order valence-corrected chi connectivity index (χ4v) is 4.50. The smallest absolute Gasteiger partial charge is 0.179 e. The third-order valence-electron chi connectivity index (χ3n) is 6.01. The maximum atomic E-state index is 15.0. The minimum Gasteiger partial charge on any atom is -0.482 e. The molecule has 2 aliphatic rings. The van der Waals surface area contributed by atoms with Crippen LogP contribution in [0, 0.1) is 11.6 Å². The number of halogens is 2. The number of nitrogens with one attached hydrogen (secondary N) is 2. The van der Waals surface area contributed by atoms with Gasteiger partial charge in [0.15, 0.2) is 11.6 Å². The Hall–Kier alpha value is -3.45. The molecule has 0 radical (unpaired) electrons. The normalized spacial score (nSPS) is 15.2. The van der Waals surface area contributed by atoms with Crippen molar-refractivity contribution in [1.82, 2.24) is 10.3 Å². The standard InChI is InChI=1S/C26H26F2N4O/c1-15(2)32-16(3)14-33-26-22(28)11-18(12-23(26)32)25-21(27)6-7-24(31-25)30-20-5-4-17-8-9-29-13-19(17)10-20/h4-7,10-12,15,29H,3,8-9,13-14H2,1-2H3,(H,30,31). The maximum absolute atomic E-state index is 15.0. The summed E-state index contributed by atoms with van der Waals surface area (Å²) in [6.45, 7) is 10.0. The summed E-state index contributed by atoms with van der Waals surface area (Å²) in [7, 11) is 0. The Morgan fingerprint density at radius 1 is 1.09 bits per heavy atom. The predicted octanol–water partition coefficient (Wildman–Crippen LogP) is 5.54. The second kappa shape index (κ2) is 8.48. The monoisotopic (exact) mass is 448 g/mol. The zero-order valence-electron chi connectivity index (χ0n) is 18.7. The average Bonchev–Trinajstić information content (AvgIpc) is 2.79. The summed E-state index contributed by atoms with van der Waals surface area (Å²) in [5.74, 6) is -0.449. The van der Waals surface area contributed by atoms with Crippen molar-refractivity contribution < 1.29 is 13.5 Å². The highest BCUT2D eigenvalue weighted by Crippen LogP contribution is 2.41. The van der Waals surface area contributed by atoms with Crippen LogP contribution in [0.2, 0.25) is 0 Å². The molecular weight excluding hydrogens is 422 g/mol. The van der Waals surface area contributed by atoms with Crippen LogP contribution in [0.15, 0.2) is 54.7 Å². The van der Waals surface area contributed by atoms with E-state index in [4.69, 9.17) is 4.74 Å². The van der Waals surface area contributed by atoms with E-state index in [-0.39, 0.29) is 24.1 Å². The highest BCUT2D eigenvalue weighted by Gasteiger charge is 2.28. The molecule has 3 heterocycles. The zero-order chi connectivity index (χ0) is 23.1. The van der Waals surface area contributed by atoms with Gasteiger partial charge < -0.3 is 20.3 Å². The molecule has 0 saturated heterocycles. The minimum atomic E-state index is -0.553. The van der Waals surface area contributed by atoms with Crippen molar-refractivity contribution in [3.8, 4) is 17.0 Å². The van der Waals surface area contributed by atoms with E-state index in [0.29, 0.717) is 17.1 Å². The first kappa shape index (κ1) is 21.4. The van der Waals surface area contributed by atoms with Crippen LogP contribution >= 0.6 is 0 Å². The number of ether oxygens (including phenoxy) is 1. The van der Waals surface area contributed by atoms with Crippen molar-refractivity contribution in [3.63, 3.8) is 0 Å². The van der Waals surface area contributed by atoms with Gasteiger partial charge in [-0.3, -0.25) is 0 Å². The Bertz CT molecular complexity index is 1240. The molecule has 5 nitrogen and oxygen atoms in total. The van der Waals surface area contributed by atoms with E-state index in [0.717, 1.165) is 30.9 Å². The number of nitrogens with zero attached hydrogens (tertiary/aromatic N) is 2. The first-order valence-corrected chi connectivity index (χ1v) is 11.1. The van der Waals surface area contributed by atoms with Crippen LogP contribution in [0.3, 0.4) is 0 Å². The van der Waals surface area contributed by atoms with Crippen molar-refractivity contribution in [3.05, 3.63) is 77.5 Å². The Balaban J connectivity index is 1.51. The molecule has 0 aliphatic carbocycles. The Morgan fingerprint density at radius 3 is 2.76 bits per heavy atom. The molecule has 0 unspecified atom stereocenters. The Kier molecular flexibility index (Phi) is 5.50. The largest absolute Gasteiger partial charge is 0.482 e. The summed E-state index contributed by atoms with van der Waals surface area (Å²) in [4.78, 5) is 6.39. The van der Waals surface area contributed by atoms with Crippen LogP contribution in [0.1, 0.15) is 25.0 Å². The number of hydrogen-bond donors (Lipinski definition) is 2. The van der Waals surface area contributed by atoms with Crippen LogP contribution in [0.5, 0.6) is 5.75 Å². The molecule has 0 saturated carbocycles. The number of hydrogen-bond acceptors (Lipinski definition) is 5. The van der Waals surface area contributed by atoms with Gasteiger partial charge in [0.25, 0.3) is 0 Å². The predicted molar refractivity (Wildman–Crippen MR) is 127 cm³/mol. The minimum absolute atomic E-state index is 0.0408. The van der Waals surface area contributed by atoms with E-state index in [9.17, 15) is 8.78 Å². The molecule has 2 N–H and O–H groups in total. The fraction of sp³-hybridized carbons (Fsp3) is 0.269. The van der Waals surface area contributed by atoms with Crippen LogP contribution in [-0.2, 0) is 13.0 Å². The first-order valence-electron chi connectivity index (χ1n) is 11.1. The van der Waals surface area contributed by atoms with Gasteiger partial charge in [-0.1, -0.05) is 12.6 Å². The fourth-order valence-electron chi connectivity index (χ4n) is 4.50. The van der Waals surface area contributed by atoms with E-state index in [1.807, 2.05) is 24.8 Å². The average molecular weight is 449 g/mol. The van der Waals surface area contributed by atoms with Crippen molar-refractivity contribution in [2.75, 3.05) is 23.4 Å². The van der Waals surface area contributed by atoms with E-state index >= 15 is 0 Å². The van der Waals surface area contributed by atoms with Gasteiger partial charge in [-0.25, -0.2) is 13.8 Å². The molecule has 5 rings (SSSR count). The topological polar surface area (TPSA) is 49.4 Å². The lowest BCUT2D eigenvalue weighted by molar-refractivity contribution is 0.314. The lowest BCUT2D eigenvalue weighted by Crippen LogP contribution is -2.35. The maximum Gasteiger partial charge on any atom is 0.179 e. The summed E-state index contributed by atoms with van der Waals surface area (Å²) in [5.41, 5.74) is 5.09. The number of benzene rings is 2. The van der Waals surface area contributed by atoms with Gasteiger partial charge in [-0.15, -0.1) is 0 Å². The van der Waals surface area contributed by atoms with Gasteiger partial charge in [0, 0.05) is 29.5 Å². The van der Waals surface area contributed by atoms with E-state index in [2.05, 4.69) is 34.3 Å². The molecule has 3 aromatic rings. The molecular formula is C26H26F2N4O. The number of rotatable bonds is 4. The Labute approximate surface area is 192 Å². The quantitative estimate of drug-likeness (QED) is 0.549. The second-order valence-electron chi connectivity index (χ2n) is 8.69. The molecule has 0 fully saturated rings. The van der Waals surface area contributed by atoms with Crippen molar-refractivity contribution in [2.24, 2.45) is 0 Å². The van der Waals surface area contributed by atoms with Gasteiger partial charge in [-0.2, -0.15) is 0 Å². The van der Waals surface area contributed by atoms with Gasteiger partial charge in [-0.05, 0) is 74.3 Å². The summed E-state index contributed by atoms with van der Waals surface area (Å²) in [6.07, 6.45) is 1.00. The molecule has 7 heteroatoms. The molecule has 2 aliphatic heterocycles. The summed E-state index contributed by atoms with van der Waals surface area (Å²) < 4.78 is 35.4. The van der Waals surface area contributed by atoms with Crippen LogP contribution in [-0.4, -0.2) is 24.2 Å². The highest BCUT2D eigenvalue weighted by atomic mass is 19.1. The number of fused-ring (bicyclic) bond motifs is 2. The van der Waals surface area contributed by atoms with Gasteiger partial charge in [0.1, 0.15) is 23.9 Å².